The quantitative estimate of drug-likeness (QED) is 0.308. The lowest BCUT2D eigenvalue weighted by atomic mass is 10.0. The molecule has 0 spiro atoms. The summed E-state index contributed by atoms with van der Waals surface area (Å²) in [6.07, 6.45) is 0. The average molecular weight is 360 g/mol. The van der Waals surface area contributed by atoms with E-state index in [0.29, 0.717) is 0 Å². The molecule has 0 atom stereocenters. The van der Waals surface area contributed by atoms with Crippen LogP contribution < -0.4 is 0 Å². The molecule has 2 aromatic heterocycles. The van der Waals surface area contributed by atoms with Crippen LogP contribution in [0.15, 0.2) is 83.3 Å². The first-order chi connectivity index (χ1) is 13.8. The van der Waals surface area contributed by atoms with Crippen molar-refractivity contribution in [1.82, 2.24) is 9.97 Å². The highest BCUT2D eigenvalue weighted by molar-refractivity contribution is 6.07. The Balaban J connectivity index is 1.63. The van der Waals surface area contributed by atoms with Crippen molar-refractivity contribution in [2.24, 2.45) is 0 Å². The van der Waals surface area contributed by atoms with Gasteiger partial charge in [0.2, 0.25) is 0 Å². The third kappa shape index (κ3) is 2.16. The van der Waals surface area contributed by atoms with Crippen molar-refractivity contribution in [3.8, 4) is 11.3 Å². The average Bonchev–Trinajstić information content (AvgIpc) is 3.11. The van der Waals surface area contributed by atoms with Crippen LogP contribution in [0.1, 0.15) is 5.69 Å². The zero-order chi connectivity index (χ0) is 18.7. The van der Waals surface area contributed by atoms with E-state index < -0.39 is 0 Å². The topological polar surface area (TPSA) is 38.9 Å². The molecule has 3 nitrogen and oxygen atoms in total. The number of benzene rings is 4. The number of aryl methyl sites for hydroxylation is 1. The molecule has 132 valence electrons. The lowest BCUT2D eigenvalue weighted by Crippen LogP contribution is -1.95. The molecule has 0 aliphatic heterocycles. The molecule has 3 heteroatoms. The normalized spacial score (nSPS) is 11.8. The molecule has 6 aromatic rings. The van der Waals surface area contributed by atoms with E-state index in [0.717, 1.165) is 55.3 Å². The van der Waals surface area contributed by atoms with Gasteiger partial charge in [-0.05, 0) is 36.6 Å². The molecule has 0 radical (unpaired) electrons. The van der Waals surface area contributed by atoms with E-state index in [2.05, 4.69) is 42.5 Å². The van der Waals surface area contributed by atoms with E-state index in [-0.39, 0.29) is 0 Å². The number of hydrogen-bond acceptors (Lipinski definition) is 3. The Labute approximate surface area is 161 Å². The molecule has 4 aromatic carbocycles. The Morgan fingerprint density at radius 1 is 0.679 bits per heavy atom. The number of furan rings is 1. The monoisotopic (exact) mass is 360 g/mol. The molecule has 0 aliphatic carbocycles. The summed E-state index contributed by atoms with van der Waals surface area (Å²) < 4.78 is 6.06. The van der Waals surface area contributed by atoms with E-state index in [1.54, 1.807) is 0 Å². The summed E-state index contributed by atoms with van der Waals surface area (Å²) in [6.45, 7) is 2.01. The van der Waals surface area contributed by atoms with E-state index in [1.165, 1.54) is 5.39 Å². The molecule has 0 aliphatic rings. The van der Waals surface area contributed by atoms with Gasteiger partial charge in [-0.25, -0.2) is 9.97 Å². The molecule has 0 N–H and O–H groups in total. The lowest BCUT2D eigenvalue weighted by Gasteiger charge is -2.09. The maximum Gasteiger partial charge on any atom is 0.136 e. The van der Waals surface area contributed by atoms with Crippen molar-refractivity contribution in [3.63, 3.8) is 0 Å². The van der Waals surface area contributed by atoms with Gasteiger partial charge in [0.05, 0.1) is 22.4 Å². The second kappa shape index (κ2) is 5.64. The summed E-state index contributed by atoms with van der Waals surface area (Å²) in [5, 5.41) is 4.55. The standard InChI is InChI=1S/C25H16N2O/c1-15-24(27-25-18-7-3-2-6-16(18)11-13-21(25)26-15)17-10-12-20-19-8-4-5-9-22(19)28-23(20)14-17/h2-14H,1H3. The summed E-state index contributed by atoms with van der Waals surface area (Å²) in [6, 6.07) is 26.9. The molecule has 0 amide bonds. The van der Waals surface area contributed by atoms with Crippen LogP contribution in [0.4, 0.5) is 0 Å². The molecule has 0 saturated heterocycles. The van der Waals surface area contributed by atoms with Crippen LogP contribution in [0, 0.1) is 6.92 Å². The molecule has 0 fully saturated rings. The van der Waals surface area contributed by atoms with Gasteiger partial charge in [0.15, 0.2) is 0 Å². The number of nitrogens with zero attached hydrogens (tertiary/aromatic N) is 2. The molecule has 0 bridgehead atoms. The maximum absolute atomic E-state index is 6.06. The van der Waals surface area contributed by atoms with Crippen molar-refractivity contribution in [2.75, 3.05) is 0 Å². The molecule has 28 heavy (non-hydrogen) atoms. The van der Waals surface area contributed by atoms with Gasteiger partial charge < -0.3 is 4.42 Å². The first-order valence-corrected chi connectivity index (χ1v) is 9.36. The first kappa shape index (κ1) is 15.3. The second-order valence-electron chi connectivity index (χ2n) is 7.12. The third-order valence-corrected chi connectivity index (χ3v) is 5.39. The fourth-order valence-corrected chi connectivity index (χ4v) is 4.02. The van der Waals surface area contributed by atoms with E-state index in [1.807, 2.05) is 43.3 Å². The van der Waals surface area contributed by atoms with Gasteiger partial charge in [0.1, 0.15) is 11.2 Å². The van der Waals surface area contributed by atoms with Gasteiger partial charge >= 0.3 is 0 Å². The SMILES string of the molecule is Cc1nc2ccc3ccccc3c2nc1-c1ccc2c(c1)oc1ccccc12. The lowest BCUT2D eigenvalue weighted by molar-refractivity contribution is 0.669. The highest BCUT2D eigenvalue weighted by Crippen LogP contribution is 2.33. The van der Waals surface area contributed by atoms with Gasteiger partial charge in [-0.15, -0.1) is 0 Å². The number of para-hydroxylation sites is 1. The fourth-order valence-electron chi connectivity index (χ4n) is 4.02. The van der Waals surface area contributed by atoms with Gasteiger partial charge in [-0.2, -0.15) is 0 Å². The van der Waals surface area contributed by atoms with Gasteiger partial charge in [0.25, 0.3) is 0 Å². The number of aromatic nitrogens is 2. The fraction of sp³-hybridized carbons (Fsp3) is 0.0400. The van der Waals surface area contributed by atoms with Crippen molar-refractivity contribution in [3.05, 3.63) is 84.6 Å². The van der Waals surface area contributed by atoms with Crippen molar-refractivity contribution >= 4 is 43.7 Å². The van der Waals surface area contributed by atoms with Crippen molar-refractivity contribution < 1.29 is 4.42 Å². The molecular weight excluding hydrogens is 344 g/mol. The Kier molecular flexibility index (Phi) is 3.09. The summed E-state index contributed by atoms with van der Waals surface area (Å²) in [4.78, 5) is 9.86. The molecule has 0 saturated carbocycles. The third-order valence-electron chi connectivity index (χ3n) is 5.39. The van der Waals surface area contributed by atoms with Crippen LogP contribution in [0.3, 0.4) is 0 Å². The van der Waals surface area contributed by atoms with Crippen LogP contribution in [0.2, 0.25) is 0 Å². The first-order valence-electron chi connectivity index (χ1n) is 9.36. The second-order valence-corrected chi connectivity index (χ2v) is 7.12. The Morgan fingerprint density at radius 3 is 2.39 bits per heavy atom. The highest BCUT2D eigenvalue weighted by atomic mass is 16.3. The van der Waals surface area contributed by atoms with E-state index >= 15 is 0 Å². The number of rotatable bonds is 1. The van der Waals surface area contributed by atoms with E-state index in [9.17, 15) is 0 Å². The predicted octanol–water partition coefficient (Wildman–Crippen LogP) is 6.66. The molecular formula is C25H16N2O. The van der Waals surface area contributed by atoms with Crippen LogP contribution in [0.25, 0.3) is 55.0 Å². The van der Waals surface area contributed by atoms with Gasteiger partial charge in [0, 0.05) is 21.7 Å². The molecule has 0 unspecified atom stereocenters. The minimum Gasteiger partial charge on any atom is -0.456 e. The van der Waals surface area contributed by atoms with Crippen LogP contribution in [-0.4, -0.2) is 9.97 Å². The summed E-state index contributed by atoms with van der Waals surface area (Å²) in [7, 11) is 0. The van der Waals surface area contributed by atoms with Crippen molar-refractivity contribution in [2.45, 2.75) is 6.92 Å². The minimum absolute atomic E-state index is 0.873. The Morgan fingerprint density at radius 2 is 1.46 bits per heavy atom. The molecule has 2 heterocycles. The highest BCUT2D eigenvalue weighted by Gasteiger charge is 2.13. The molecule has 6 rings (SSSR count). The van der Waals surface area contributed by atoms with Crippen LogP contribution in [0.5, 0.6) is 0 Å². The predicted molar refractivity (Wildman–Crippen MR) is 114 cm³/mol. The zero-order valence-corrected chi connectivity index (χ0v) is 15.3. The van der Waals surface area contributed by atoms with Gasteiger partial charge in [-0.3, -0.25) is 0 Å². The summed E-state index contributed by atoms with van der Waals surface area (Å²) >= 11 is 0. The van der Waals surface area contributed by atoms with E-state index in [4.69, 9.17) is 14.4 Å². The van der Waals surface area contributed by atoms with Crippen LogP contribution >= 0.6 is 0 Å². The maximum atomic E-state index is 6.06. The van der Waals surface area contributed by atoms with Crippen molar-refractivity contribution in [1.29, 1.82) is 0 Å². The number of hydrogen-bond donors (Lipinski definition) is 0. The smallest absolute Gasteiger partial charge is 0.136 e. The largest absolute Gasteiger partial charge is 0.456 e. The zero-order valence-electron chi connectivity index (χ0n) is 15.3. The number of fused-ring (bicyclic) bond motifs is 6. The summed E-state index contributed by atoms with van der Waals surface area (Å²) in [5.74, 6) is 0. The van der Waals surface area contributed by atoms with Crippen LogP contribution in [-0.2, 0) is 0 Å². The summed E-state index contributed by atoms with van der Waals surface area (Å²) in [5.41, 5.74) is 6.46. The Bertz CT molecular complexity index is 1530. The Hall–Kier alpha value is -3.72. The van der Waals surface area contributed by atoms with Gasteiger partial charge in [-0.1, -0.05) is 54.6 Å². The minimum atomic E-state index is 0.873.